The van der Waals surface area contributed by atoms with Gasteiger partial charge < -0.3 is 5.32 Å². The second-order valence-corrected chi connectivity index (χ2v) is 6.10. The van der Waals surface area contributed by atoms with E-state index in [0.29, 0.717) is 16.6 Å². The predicted molar refractivity (Wildman–Crippen MR) is 91.6 cm³/mol. The number of nitrogens with zero attached hydrogens (tertiary/aromatic N) is 1. The fourth-order valence-corrected chi connectivity index (χ4v) is 2.84. The lowest BCUT2D eigenvalue weighted by Crippen LogP contribution is -2.42. The Labute approximate surface area is 135 Å². The molecule has 22 heavy (non-hydrogen) atoms. The molecule has 1 aliphatic carbocycles. The molecule has 2 aromatic rings. The van der Waals surface area contributed by atoms with Crippen LogP contribution in [0.5, 0.6) is 0 Å². The molecule has 1 aliphatic rings. The van der Waals surface area contributed by atoms with Crippen LogP contribution in [-0.2, 0) is 0 Å². The lowest BCUT2D eigenvalue weighted by atomic mass is 10.1. The van der Waals surface area contributed by atoms with E-state index in [0.717, 1.165) is 5.69 Å². The van der Waals surface area contributed by atoms with Gasteiger partial charge in [0.15, 0.2) is 0 Å². The summed E-state index contributed by atoms with van der Waals surface area (Å²) in [6.45, 7) is 2.11. The van der Waals surface area contributed by atoms with E-state index in [4.69, 9.17) is 11.6 Å². The van der Waals surface area contributed by atoms with Gasteiger partial charge in [0.2, 0.25) is 0 Å². The second kappa shape index (κ2) is 6.41. The number of amides is 2. The molecule has 0 aliphatic heterocycles. The van der Waals surface area contributed by atoms with Crippen LogP contribution in [0.15, 0.2) is 54.6 Å². The van der Waals surface area contributed by atoms with Crippen LogP contribution in [0.2, 0.25) is 5.02 Å². The van der Waals surface area contributed by atoms with Crippen LogP contribution in [0.25, 0.3) is 0 Å². The van der Waals surface area contributed by atoms with Crippen LogP contribution in [0.1, 0.15) is 19.8 Å². The number of hydrogen-bond acceptors (Lipinski definition) is 1. The second-order valence-electron chi connectivity index (χ2n) is 5.69. The van der Waals surface area contributed by atoms with Crippen molar-refractivity contribution in [1.29, 1.82) is 0 Å². The maximum Gasteiger partial charge on any atom is 0.326 e. The van der Waals surface area contributed by atoms with Gasteiger partial charge in [-0.05, 0) is 49.9 Å². The Hall–Kier alpha value is -2.00. The van der Waals surface area contributed by atoms with Crippen LogP contribution in [0.3, 0.4) is 0 Å². The van der Waals surface area contributed by atoms with E-state index in [1.54, 1.807) is 6.07 Å². The number of halogens is 1. The molecule has 1 atom stereocenters. The third-order valence-electron chi connectivity index (χ3n) is 4.08. The summed E-state index contributed by atoms with van der Waals surface area (Å²) in [7, 11) is 0. The van der Waals surface area contributed by atoms with Crippen molar-refractivity contribution >= 4 is 29.0 Å². The number of anilines is 2. The van der Waals surface area contributed by atoms with Gasteiger partial charge in [0.25, 0.3) is 0 Å². The van der Waals surface area contributed by atoms with Crippen LogP contribution < -0.4 is 10.2 Å². The molecule has 2 amide bonds. The predicted octanol–water partition coefficient (Wildman–Crippen LogP) is 5.18. The van der Waals surface area contributed by atoms with Gasteiger partial charge in [0.05, 0.1) is 10.7 Å². The highest BCUT2D eigenvalue weighted by molar-refractivity contribution is 6.33. The molecule has 4 heteroatoms. The third kappa shape index (κ3) is 3.25. The fraction of sp³-hybridized carbons (Fsp3) is 0.278. The van der Waals surface area contributed by atoms with E-state index in [1.807, 2.05) is 53.4 Å². The molecule has 2 aromatic carbocycles. The van der Waals surface area contributed by atoms with Crippen LogP contribution >= 0.6 is 11.6 Å². The Balaban J connectivity index is 1.85. The van der Waals surface area contributed by atoms with Gasteiger partial charge in [-0.3, -0.25) is 4.90 Å². The molecule has 0 heterocycles. The first-order chi connectivity index (χ1) is 10.7. The lowest BCUT2D eigenvalue weighted by Gasteiger charge is -2.29. The summed E-state index contributed by atoms with van der Waals surface area (Å²) in [5.74, 6) is 0.581. The normalized spacial score (nSPS) is 15.2. The minimum absolute atomic E-state index is 0.140. The van der Waals surface area contributed by atoms with Gasteiger partial charge in [-0.2, -0.15) is 0 Å². The molecule has 0 saturated heterocycles. The molecule has 1 unspecified atom stereocenters. The fourth-order valence-electron chi connectivity index (χ4n) is 2.65. The summed E-state index contributed by atoms with van der Waals surface area (Å²) >= 11 is 6.14. The zero-order valence-corrected chi connectivity index (χ0v) is 13.3. The maximum atomic E-state index is 12.8. The van der Waals surface area contributed by atoms with Crippen molar-refractivity contribution in [2.24, 2.45) is 5.92 Å². The van der Waals surface area contributed by atoms with Gasteiger partial charge in [-0.25, -0.2) is 4.79 Å². The molecule has 0 aromatic heterocycles. The molecule has 1 N–H and O–H groups in total. The first-order valence-corrected chi connectivity index (χ1v) is 7.94. The van der Waals surface area contributed by atoms with Crippen molar-refractivity contribution in [2.75, 3.05) is 10.2 Å². The Morgan fingerprint density at radius 3 is 2.41 bits per heavy atom. The molecule has 1 fully saturated rings. The zero-order chi connectivity index (χ0) is 15.5. The monoisotopic (exact) mass is 314 g/mol. The van der Waals surface area contributed by atoms with Crippen molar-refractivity contribution in [2.45, 2.75) is 25.8 Å². The molecule has 114 valence electrons. The van der Waals surface area contributed by atoms with Crippen molar-refractivity contribution in [1.82, 2.24) is 0 Å². The van der Waals surface area contributed by atoms with Gasteiger partial charge >= 0.3 is 6.03 Å². The van der Waals surface area contributed by atoms with Crippen molar-refractivity contribution in [3.63, 3.8) is 0 Å². The molecular formula is C18H19ClN2O. The summed E-state index contributed by atoms with van der Waals surface area (Å²) in [5, 5.41) is 3.47. The van der Waals surface area contributed by atoms with E-state index >= 15 is 0 Å². The van der Waals surface area contributed by atoms with Gasteiger partial charge in [0, 0.05) is 11.7 Å². The molecule has 1 saturated carbocycles. The molecule has 3 rings (SSSR count). The number of benzene rings is 2. The van der Waals surface area contributed by atoms with E-state index in [-0.39, 0.29) is 12.1 Å². The van der Waals surface area contributed by atoms with Crippen LogP contribution in [0, 0.1) is 5.92 Å². The van der Waals surface area contributed by atoms with Gasteiger partial charge in [-0.1, -0.05) is 41.9 Å². The SMILES string of the molecule is CC(C1CC1)N(C(=O)Nc1ccccc1Cl)c1ccccc1. The van der Waals surface area contributed by atoms with Crippen LogP contribution in [-0.4, -0.2) is 12.1 Å². The van der Waals surface area contributed by atoms with Crippen molar-refractivity contribution in [3.8, 4) is 0 Å². The van der Waals surface area contributed by atoms with E-state index in [1.165, 1.54) is 12.8 Å². The number of carbonyl (C=O) groups is 1. The largest absolute Gasteiger partial charge is 0.326 e. The molecule has 0 radical (unpaired) electrons. The minimum atomic E-state index is -0.140. The highest BCUT2D eigenvalue weighted by atomic mass is 35.5. The maximum absolute atomic E-state index is 12.8. The average molecular weight is 315 g/mol. The summed E-state index contributed by atoms with van der Waals surface area (Å²) < 4.78 is 0. The van der Waals surface area contributed by atoms with Gasteiger partial charge in [0.1, 0.15) is 0 Å². The Morgan fingerprint density at radius 1 is 1.14 bits per heavy atom. The highest BCUT2D eigenvalue weighted by Crippen LogP contribution is 2.37. The molecule has 0 spiro atoms. The molecule has 0 bridgehead atoms. The van der Waals surface area contributed by atoms with Gasteiger partial charge in [-0.15, -0.1) is 0 Å². The Kier molecular flexibility index (Phi) is 4.34. The number of nitrogens with one attached hydrogen (secondary N) is 1. The number of para-hydroxylation sites is 2. The average Bonchev–Trinajstić information content (AvgIpc) is 3.36. The number of rotatable bonds is 4. The van der Waals surface area contributed by atoms with E-state index in [2.05, 4.69) is 12.2 Å². The molecular weight excluding hydrogens is 296 g/mol. The summed E-state index contributed by atoms with van der Waals surface area (Å²) in [5.41, 5.74) is 1.55. The summed E-state index contributed by atoms with van der Waals surface area (Å²) in [6.07, 6.45) is 2.37. The third-order valence-corrected chi connectivity index (χ3v) is 4.41. The zero-order valence-electron chi connectivity index (χ0n) is 12.5. The number of carbonyl (C=O) groups excluding carboxylic acids is 1. The van der Waals surface area contributed by atoms with Crippen molar-refractivity contribution in [3.05, 3.63) is 59.6 Å². The minimum Gasteiger partial charge on any atom is -0.306 e. The smallest absolute Gasteiger partial charge is 0.306 e. The van der Waals surface area contributed by atoms with E-state index < -0.39 is 0 Å². The quantitative estimate of drug-likeness (QED) is 0.828. The number of urea groups is 1. The summed E-state index contributed by atoms with van der Waals surface area (Å²) in [6, 6.07) is 17.1. The van der Waals surface area contributed by atoms with Crippen molar-refractivity contribution < 1.29 is 4.79 Å². The van der Waals surface area contributed by atoms with E-state index in [9.17, 15) is 4.79 Å². The standard InChI is InChI=1S/C18H19ClN2O/c1-13(14-11-12-14)21(15-7-3-2-4-8-15)18(22)20-17-10-6-5-9-16(17)19/h2-10,13-14H,11-12H2,1H3,(H,20,22). The molecule has 3 nitrogen and oxygen atoms in total. The first-order valence-electron chi connectivity index (χ1n) is 7.56. The topological polar surface area (TPSA) is 32.3 Å². The first kappa shape index (κ1) is 14.9. The summed E-state index contributed by atoms with van der Waals surface area (Å²) in [4.78, 5) is 14.6. The highest BCUT2D eigenvalue weighted by Gasteiger charge is 2.35. The Bertz CT molecular complexity index is 655. The lowest BCUT2D eigenvalue weighted by molar-refractivity contribution is 0.254. The van der Waals surface area contributed by atoms with Crippen LogP contribution in [0.4, 0.5) is 16.2 Å². The number of hydrogen-bond donors (Lipinski definition) is 1. The Morgan fingerprint density at radius 2 is 1.77 bits per heavy atom.